The second-order valence-electron chi connectivity index (χ2n) is 8.06. The van der Waals surface area contributed by atoms with E-state index >= 15 is 0 Å². The smallest absolute Gasteiger partial charge is 0.300 e. The quantitative estimate of drug-likeness (QED) is 0.206. The monoisotopic (exact) mass is 563 g/mol. The number of rotatable bonds is 7. The Morgan fingerprint density at radius 2 is 1.71 bits per heavy atom. The zero-order chi connectivity index (χ0) is 27.7. The van der Waals surface area contributed by atoms with Crippen molar-refractivity contribution in [2.75, 3.05) is 25.7 Å². The van der Waals surface area contributed by atoms with Crippen molar-refractivity contribution in [2.45, 2.75) is 13.0 Å². The molecule has 198 valence electrons. The van der Waals surface area contributed by atoms with Crippen LogP contribution < -0.4 is 19.1 Å². The normalized spacial score (nSPS) is 16.6. The van der Waals surface area contributed by atoms with E-state index in [0.717, 1.165) is 23.1 Å². The number of amides is 1. The Kier molecular flexibility index (Phi) is 7.80. The van der Waals surface area contributed by atoms with Crippen LogP contribution in [0.1, 0.15) is 24.1 Å². The van der Waals surface area contributed by atoms with Crippen LogP contribution in [0.5, 0.6) is 17.2 Å². The highest BCUT2D eigenvalue weighted by molar-refractivity contribution is 6.52. The number of benzene rings is 3. The van der Waals surface area contributed by atoms with Crippen LogP contribution in [-0.2, 0) is 9.59 Å². The molecule has 7 nitrogen and oxygen atoms in total. The van der Waals surface area contributed by atoms with Gasteiger partial charge in [0.2, 0.25) is 0 Å². The van der Waals surface area contributed by atoms with Crippen molar-refractivity contribution in [3.63, 3.8) is 0 Å². The summed E-state index contributed by atoms with van der Waals surface area (Å²) in [6.45, 7) is 2.12. The minimum atomic E-state index is -1.26. The summed E-state index contributed by atoms with van der Waals surface area (Å²) < 4.78 is 44.0. The second kappa shape index (κ2) is 10.9. The van der Waals surface area contributed by atoms with Gasteiger partial charge in [-0.2, -0.15) is 0 Å². The Hall–Kier alpha value is -3.82. The Bertz CT molecular complexity index is 1480. The number of ketones is 1. The molecule has 1 atom stereocenters. The van der Waals surface area contributed by atoms with E-state index in [9.17, 15) is 23.5 Å². The molecule has 1 unspecified atom stereocenters. The Balaban J connectivity index is 2.03. The van der Waals surface area contributed by atoms with Gasteiger partial charge in [0.15, 0.2) is 23.1 Å². The summed E-state index contributed by atoms with van der Waals surface area (Å²) in [7, 11) is 2.62. The SMILES string of the molecule is CCOc1cccc(C2/C(=C(\O)c3cc(Cl)c(OC)c(Cl)c3OC)C(=O)C(=O)N2c2ccc(F)c(F)c2)c1. The fourth-order valence-electron chi connectivity index (χ4n) is 4.28. The van der Waals surface area contributed by atoms with Gasteiger partial charge in [-0.1, -0.05) is 35.3 Å². The number of carbonyl (C=O) groups excluding carboxylic acids is 2. The number of halogens is 4. The summed E-state index contributed by atoms with van der Waals surface area (Å²) in [6.07, 6.45) is 0. The predicted octanol–water partition coefficient (Wildman–Crippen LogP) is 6.31. The molecule has 1 fully saturated rings. The van der Waals surface area contributed by atoms with Crippen molar-refractivity contribution in [1.82, 2.24) is 0 Å². The maximum Gasteiger partial charge on any atom is 0.300 e. The van der Waals surface area contributed by atoms with E-state index in [1.54, 1.807) is 31.2 Å². The van der Waals surface area contributed by atoms with Crippen LogP contribution in [0.15, 0.2) is 54.1 Å². The molecule has 1 amide bonds. The molecule has 4 rings (SSSR count). The molecular formula is C27H21Cl2F2NO6. The van der Waals surface area contributed by atoms with E-state index in [1.807, 2.05) is 0 Å². The fraction of sp³-hybridized carbons (Fsp3) is 0.185. The lowest BCUT2D eigenvalue weighted by atomic mass is 9.94. The topological polar surface area (TPSA) is 85.3 Å². The Morgan fingerprint density at radius 1 is 1.00 bits per heavy atom. The van der Waals surface area contributed by atoms with Crippen LogP contribution >= 0.6 is 23.2 Å². The third-order valence-corrected chi connectivity index (χ3v) is 6.53. The van der Waals surface area contributed by atoms with E-state index < -0.39 is 35.1 Å². The average Bonchev–Trinajstić information content (AvgIpc) is 3.16. The molecule has 3 aromatic rings. The second-order valence-corrected chi connectivity index (χ2v) is 8.84. The van der Waals surface area contributed by atoms with Gasteiger partial charge in [0, 0.05) is 11.8 Å². The zero-order valence-electron chi connectivity index (χ0n) is 20.4. The first kappa shape index (κ1) is 27.2. The standard InChI is InChI=1S/C27H21Cl2F2NO6/c1-4-38-15-7-5-6-13(10-15)22-20(23(33)16-12-17(28)26(37-3)21(29)25(16)36-2)24(34)27(35)32(22)14-8-9-18(30)19(31)11-14/h5-12,22,33H,4H2,1-3H3/b23-20+. The zero-order valence-corrected chi connectivity index (χ0v) is 21.9. The van der Waals surface area contributed by atoms with Gasteiger partial charge in [0.1, 0.15) is 16.5 Å². The molecule has 0 aromatic heterocycles. The third-order valence-electron chi connectivity index (χ3n) is 5.91. The van der Waals surface area contributed by atoms with E-state index in [4.69, 9.17) is 37.4 Å². The number of hydrogen-bond donors (Lipinski definition) is 1. The van der Waals surface area contributed by atoms with Crippen molar-refractivity contribution in [3.8, 4) is 17.2 Å². The molecule has 1 heterocycles. The van der Waals surface area contributed by atoms with Crippen LogP contribution in [0.2, 0.25) is 10.0 Å². The molecular weight excluding hydrogens is 543 g/mol. The van der Waals surface area contributed by atoms with Gasteiger partial charge in [-0.25, -0.2) is 8.78 Å². The van der Waals surface area contributed by atoms with Crippen molar-refractivity contribution in [2.24, 2.45) is 0 Å². The van der Waals surface area contributed by atoms with Crippen LogP contribution in [0, 0.1) is 11.6 Å². The molecule has 38 heavy (non-hydrogen) atoms. The fourth-order valence-corrected chi connectivity index (χ4v) is 4.97. The molecule has 1 aliphatic rings. The Morgan fingerprint density at radius 3 is 2.34 bits per heavy atom. The molecule has 0 spiro atoms. The molecule has 0 radical (unpaired) electrons. The largest absolute Gasteiger partial charge is 0.507 e. The molecule has 0 aliphatic carbocycles. The highest BCUT2D eigenvalue weighted by Crippen LogP contribution is 2.48. The van der Waals surface area contributed by atoms with Crippen molar-refractivity contribution >= 4 is 46.3 Å². The maximum absolute atomic E-state index is 14.2. The predicted molar refractivity (Wildman–Crippen MR) is 138 cm³/mol. The number of methoxy groups -OCH3 is 2. The summed E-state index contributed by atoms with van der Waals surface area (Å²) in [5.74, 6) is -4.72. The van der Waals surface area contributed by atoms with Gasteiger partial charge < -0.3 is 19.3 Å². The van der Waals surface area contributed by atoms with Gasteiger partial charge >= 0.3 is 0 Å². The number of hydrogen-bond acceptors (Lipinski definition) is 6. The highest BCUT2D eigenvalue weighted by atomic mass is 35.5. The van der Waals surface area contributed by atoms with Crippen LogP contribution in [0.4, 0.5) is 14.5 Å². The van der Waals surface area contributed by atoms with Crippen molar-refractivity contribution in [1.29, 1.82) is 0 Å². The van der Waals surface area contributed by atoms with Crippen molar-refractivity contribution in [3.05, 3.63) is 86.9 Å². The summed E-state index contributed by atoms with van der Waals surface area (Å²) >= 11 is 12.7. The lowest BCUT2D eigenvalue weighted by Crippen LogP contribution is -2.29. The molecule has 1 N–H and O–H groups in total. The van der Waals surface area contributed by atoms with Crippen molar-refractivity contribution < 1.29 is 37.7 Å². The number of carbonyl (C=O) groups is 2. The van der Waals surface area contributed by atoms with Gasteiger partial charge in [0.05, 0.1) is 43.0 Å². The van der Waals surface area contributed by atoms with Gasteiger partial charge in [-0.15, -0.1) is 0 Å². The number of aliphatic hydroxyl groups is 1. The van der Waals surface area contributed by atoms with Gasteiger partial charge in [-0.05, 0) is 42.8 Å². The highest BCUT2D eigenvalue weighted by Gasteiger charge is 2.47. The maximum atomic E-state index is 14.2. The van der Waals surface area contributed by atoms with Crippen LogP contribution in [0.3, 0.4) is 0 Å². The third kappa shape index (κ3) is 4.63. The summed E-state index contributed by atoms with van der Waals surface area (Å²) in [6, 6.07) is 9.28. The number of Topliss-reactive ketones (excluding diaryl/α,β-unsaturated/α-hetero) is 1. The lowest BCUT2D eigenvalue weighted by Gasteiger charge is -2.26. The summed E-state index contributed by atoms with van der Waals surface area (Å²) in [5, 5.41) is 11.4. The first-order chi connectivity index (χ1) is 18.1. The summed E-state index contributed by atoms with van der Waals surface area (Å²) in [5.41, 5.74) is -0.192. The van der Waals surface area contributed by atoms with Gasteiger partial charge in [0.25, 0.3) is 11.7 Å². The van der Waals surface area contributed by atoms with E-state index in [0.29, 0.717) is 17.9 Å². The number of anilines is 1. The average molecular weight is 564 g/mol. The molecule has 0 saturated carbocycles. The number of nitrogens with zero attached hydrogens (tertiary/aromatic N) is 1. The molecule has 1 saturated heterocycles. The molecule has 11 heteroatoms. The van der Waals surface area contributed by atoms with E-state index in [1.165, 1.54) is 20.3 Å². The van der Waals surface area contributed by atoms with E-state index in [-0.39, 0.29) is 38.4 Å². The number of aliphatic hydroxyl groups excluding tert-OH is 1. The molecule has 1 aliphatic heterocycles. The Labute approximate surface area is 226 Å². The minimum Gasteiger partial charge on any atom is -0.507 e. The molecule has 3 aromatic carbocycles. The van der Waals surface area contributed by atoms with Crippen LogP contribution in [0.25, 0.3) is 5.76 Å². The van der Waals surface area contributed by atoms with Gasteiger partial charge in [-0.3, -0.25) is 14.5 Å². The van der Waals surface area contributed by atoms with Crippen LogP contribution in [-0.4, -0.2) is 37.6 Å². The summed E-state index contributed by atoms with van der Waals surface area (Å²) in [4.78, 5) is 27.7. The minimum absolute atomic E-state index is 0.00424. The first-order valence-corrected chi connectivity index (χ1v) is 12.0. The number of ether oxygens (including phenoxy) is 3. The first-order valence-electron chi connectivity index (χ1n) is 11.2. The lowest BCUT2D eigenvalue weighted by molar-refractivity contribution is -0.132. The molecule has 0 bridgehead atoms. The van der Waals surface area contributed by atoms with E-state index in [2.05, 4.69) is 0 Å².